The maximum absolute atomic E-state index is 11.4. The van der Waals surface area contributed by atoms with Crippen LogP contribution in [0.1, 0.15) is 5.56 Å². The zero-order valence-electron chi connectivity index (χ0n) is 14.6. The van der Waals surface area contributed by atoms with E-state index in [0.717, 1.165) is 18.7 Å². The molecule has 11 heteroatoms. The molecular weight excluding hydrogens is 481 g/mol. The number of rotatable bonds is 4. The van der Waals surface area contributed by atoms with Crippen LogP contribution in [0, 0.1) is 0 Å². The highest BCUT2D eigenvalue weighted by atomic mass is 127. The second-order valence-corrected chi connectivity index (χ2v) is 7.45. The average Bonchev–Trinajstić information content (AvgIpc) is 2.66. The Labute approximate surface area is 175 Å². The second kappa shape index (κ2) is 9.28. The van der Waals surface area contributed by atoms with Crippen LogP contribution in [0.2, 0.25) is 0 Å². The van der Waals surface area contributed by atoms with E-state index in [0.29, 0.717) is 25.0 Å². The molecule has 0 saturated carbocycles. The summed E-state index contributed by atoms with van der Waals surface area (Å²) in [7, 11) is -3.72. The number of anilines is 1. The van der Waals surface area contributed by atoms with E-state index < -0.39 is 10.0 Å². The van der Waals surface area contributed by atoms with E-state index in [2.05, 4.69) is 19.9 Å². The minimum Gasteiger partial charge on any atom is -0.370 e. The van der Waals surface area contributed by atoms with Crippen LogP contribution in [0.5, 0.6) is 0 Å². The maximum atomic E-state index is 11.4. The topological polar surface area (TPSA) is 131 Å². The first kappa shape index (κ1) is 21.3. The van der Waals surface area contributed by atoms with Gasteiger partial charge >= 0.3 is 0 Å². The first-order valence-electron chi connectivity index (χ1n) is 8.12. The van der Waals surface area contributed by atoms with Crippen molar-refractivity contribution in [2.24, 2.45) is 15.9 Å². The summed E-state index contributed by atoms with van der Waals surface area (Å²) in [5, 5.41) is 5.15. The number of guanidine groups is 1. The molecule has 2 aromatic rings. The number of sulfonamides is 1. The number of aromatic nitrogens is 2. The Bertz CT molecular complexity index is 885. The molecule has 1 aromatic carbocycles. The van der Waals surface area contributed by atoms with Crippen LogP contribution in [0.15, 0.2) is 52.6 Å². The summed E-state index contributed by atoms with van der Waals surface area (Å²) in [6, 6.07) is 8.18. The fourth-order valence-corrected chi connectivity index (χ4v) is 3.27. The third-order valence-electron chi connectivity index (χ3n) is 4.09. The molecule has 27 heavy (non-hydrogen) atoms. The van der Waals surface area contributed by atoms with Gasteiger partial charge in [-0.1, -0.05) is 12.1 Å². The fraction of sp³-hybridized carbons (Fsp3) is 0.312. The standard InChI is InChI=1S/C16H21N7O2S.HI/c17-15(21-12-13-3-1-4-14(11-13)26(18,24)25)22-7-9-23(10-8-22)16-19-5-2-6-20-16;/h1-6,11H,7-10,12H2,(H2,17,21)(H2,18,24,25);1H. The van der Waals surface area contributed by atoms with Crippen molar-refractivity contribution in [3.05, 3.63) is 48.3 Å². The molecule has 0 bridgehead atoms. The number of hydrogen-bond acceptors (Lipinski definition) is 6. The summed E-state index contributed by atoms with van der Waals surface area (Å²) >= 11 is 0. The Morgan fingerprint density at radius 3 is 2.41 bits per heavy atom. The van der Waals surface area contributed by atoms with E-state index in [-0.39, 0.29) is 35.4 Å². The summed E-state index contributed by atoms with van der Waals surface area (Å²) in [6.07, 6.45) is 3.44. The third kappa shape index (κ3) is 5.74. The van der Waals surface area contributed by atoms with Crippen molar-refractivity contribution in [1.82, 2.24) is 14.9 Å². The highest BCUT2D eigenvalue weighted by molar-refractivity contribution is 14.0. The van der Waals surface area contributed by atoms with Gasteiger partial charge in [-0.3, -0.25) is 0 Å². The number of primary sulfonamides is 1. The van der Waals surface area contributed by atoms with Gasteiger partial charge < -0.3 is 15.5 Å². The summed E-state index contributed by atoms with van der Waals surface area (Å²) in [5.74, 6) is 1.14. The first-order valence-corrected chi connectivity index (χ1v) is 9.67. The van der Waals surface area contributed by atoms with Crippen LogP contribution in [0.4, 0.5) is 5.95 Å². The number of hydrogen-bond donors (Lipinski definition) is 2. The Hall–Kier alpha value is -1.99. The molecule has 1 saturated heterocycles. The van der Waals surface area contributed by atoms with Crippen LogP contribution in [-0.2, 0) is 16.6 Å². The van der Waals surface area contributed by atoms with Crippen LogP contribution in [0.25, 0.3) is 0 Å². The van der Waals surface area contributed by atoms with Gasteiger partial charge in [0.1, 0.15) is 0 Å². The van der Waals surface area contributed by atoms with E-state index >= 15 is 0 Å². The SMILES string of the molecule is I.NC(=NCc1cccc(S(N)(=O)=O)c1)N1CCN(c2ncccn2)CC1. The number of benzene rings is 1. The molecule has 2 heterocycles. The molecule has 0 unspecified atom stereocenters. The lowest BCUT2D eigenvalue weighted by Gasteiger charge is -2.35. The molecule has 146 valence electrons. The van der Waals surface area contributed by atoms with Crippen molar-refractivity contribution in [3.8, 4) is 0 Å². The Balaban J connectivity index is 0.00000261. The van der Waals surface area contributed by atoms with Crippen LogP contribution >= 0.6 is 24.0 Å². The van der Waals surface area contributed by atoms with Crippen LogP contribution < -0.4 is 15.8 Å². The number of halogens is 1. The van der Waals surface area contributed by atoms with Gasteiger partial charge in [0.25, 0.3) is 0 Å². The quantitative estimate of drug-likeness (QED) is 0.351. The summed E-state index contributed by atoms with van der Waals surface area (Å²) < 4.78 is 22.8. The Kier molecular flexibility index (Phi) is 7.33. The number of piperazine rings is 1. The highest BCUT2D eigenvalue weighted by Gasteiger charge is 2.19. The molecule has 9 nitrogen and oxygen atoms in total. The lowest BCUT2D eigenvalue weighted by atomic mass is 10.2. The molecule has 0 aliphatic carbocycles. The largest absolute Gasteiger partial charge is 0.370 e. The van der Waals surface area contributed by atoms with Gasteiger partial charge in [-0.05, 0) is 23.8 Å². The number of nitrogens with zero attached hydrogens (tertiary/aromatic N) is 5. The van der Waals surface area contributed by atoms with Gasteiger partial charge in [0.2, 0.25) is 16.0 Å². The maximum Gasteiger partial charge on any atom is 0.238 e. The molecule has 1 aliphatic heterocycles. The smallest absolute Gasteiger partial charge is 0.238 e. The van der Waals surface area contributed by atoms with Crippen LogP contribution in [0.3, 0.4) is 0 Å². The van der Waals surface area contributed by atoms with E-state index in [1.807, 2.05) is 4.90 Å². The van der Waals surface area contributed by atoms with E-state index in [1.54, 1.807) is 30.6 Å². The van der Waals surface area contributed by atoms with E-state index in [9.17, 15) is 8.42 Å². The Morgan fingerprint density at radius 1 is 1.11 bits per heavy atom. The van der Waals surface area contributed by atoms with Gasteiger partial charge in [0.15, 0.2) is 5.96 Å². The third-order valence-corrected chi connectivity index (χ3v) is 5.00. The number of aliphatic imine (C=N–C) groups is 1. The van der Waals surface area contributed by atoms with Crippen molar-refractivity contribution in [2.45, 2.75) is 11.4 Å². The van der Waals surface area contributed by atoms with Gasteiger partial charge in [0.05, 0.1) is 11.4 Å². The molecule has 1 aromatic heterocycles. The van der Waals surface area contributed by atoms with Crippen molar-refractivity contribution >= 4 is 45.9 Å². The van der Waals surface area contributed by atoms with Gasteiger partial charge in [-0.25, -0.2) is 28.5 Å². The molecule has 0 spiro atoms. The summed E-state index contributed by atoms with van der Waals surface area (Å²) in [5.41, 5.74) is 6.82. The first-order chi connectivity index (χ1) is 12.4. The zero-order chi connectivity index (χ0) is 18.6. The minimum atomic E-state index is -3.72. The monoisotopic (exact) mass is 503 g/mol. The highest BCUT2D eigenvalue weighted by Crippen LogP contribution is 2.12. The summed E-state index contributed by atoms with van der Waals surface area (Å²) in [4.78, 5) is 17.0. The molecule has 0 atom stereocenters. The van der Waals surface area contributed by atoms with Crippen LogP contribution in [-0.4, -0.2) is 55.4 Å². The van der Waals surface area contributed by atoms with Crippen molar-refractivity contribution in [3.63, 3.8) is 0 Å². The normalized spacial score (nSPS) is 15.4. The fourth-order valence-electron chi connectivity index (χ4n) is 2.68. The molecular formula is C16H22IN7O2S. The molecule has 1 fully saturated rings. The van der Waals surface area contributed by atoms with E-state index in [4.69, 9.17) is 10.9 Å². The van der Waals surface area contributed by atoms with Crippen molar-refractivity contribution in [2.75, 3.05) is 31.1 Å². The summed E-state index contributed by atoms with van der Waals surface area (Å²) in [6.45, 7) is 3.22. The lowest BCUT2D eigenvalue weighted by Crippen LogP contribution is -2.51. The van der Waals surface area contributed by atoms with Gasteiger partial charge in [-0.15, -0.1) is 24.0 Å². The van der Waals surface area contributed by atoms with Gasteiger partial charge in [-0.2, -0.15) is 0 Å². The van der Waals surface area contributed by atoms with Gasteiger partial charge in [0, 0.05) is 38.6 Å². The molecule has 3 rings (SSSR count). The zero-order valence-corrected chi connectivity index (χ0v) is 17.7. The van der Waals surface area contributed by atoms with Crippen molar-refractivity contribution in [1.29, 1.82) is 0 Å². The minimum absolute atomic E-state index is 0. The average molecular weight is 503 g/mol. The predicted octanol–water partition coefficient (Wildman–Crippen LogP) is 0.379. The molecule has 4 N–H and O–H groups in total. The predicted molar refractivity (Wildman–Crippen MR) is 114 cm³/mol. The Morgan fingerprint density at radius 2 is 1.78 bits per heavy atom. The number of nitrogens with two attached hydrogens (primary N) is 2. The van der Waals surface area contributed by atoms with Crippen molar-refractivity contribution < 1.29 is 8.42 Å². The molecule has 1 aliphatic rings. The van der Waals surface area contributed by atoms with E-state index in [1.165, 1.54) is 12.1 Å². The lowest BCUT2D eigenvalue weighted by molar-refractivity contribution is 0.378. The molecule has 0 radical (unpaired) electrons. The molecule has 0 amide bonds. The second-order valence-electron chi connectivity index (χ2n) is 5.89.